The van der Waals surface area contributed by atoms with Crippen LogP contribution in [0.1, 0.15) is 49.0 Å². The normalized spacial score (nSPS) is 34.6. The first-order valence-corrected chi connectivity index (χ1v) is 10.1. The molecule has 148 valence electrons. The highest BCUT2D eigenvalue weighted by molar-refractivity contribution is 5.87. The molecule has 0 saturated carbocycles. The Labute approximate surface area is 159 Å². The Balaban J connectivity index is 1.37. The summed E-state index contributed by atoms with van der Waals surface area (Å²) in [6, 6.07) is 3.97. The molecule has 0 spiro atoms. The Morgan fingerprint density at radius 1 is 1.33 bits per heavy atom. The molecule has 1 aromatic heterocycles. The number of carbonyl (C=O) groups excluding carboxylic acids is 2. The molecule has 3 aliphatic rings. The third-order valence-corrected chi connectivity index (χ3v) is 6.49. The van der Waals surface area contributed by atoms with Crippen LogP contribution in [0.4, 0.5) is 0 Å². The van der Waals surface area contributed by atoms with Crippen molar-refractivity contribution in [2.45, 2.75) is 56.7 Å². The number of aromatic nitrogens is 1. The average molecular weight is 375 g/mol. The summed E-state index contributed by atoms with van der Waals surface area (Å²) in [5.41, 5.74) is 0.480. The minimum atomic E-state index is -0.308. The van der Waals surface area contributed by atoms with E-state index in [1.807, 2.05) is 0 Å². The number of nitrogens with zero attached hydrogens (tertiary/aromatic N) is 1. The van der Waals surface area contributed by atoms with E-state index in [2.05, 4.69) is 15.2 Å². The Bertz CT molecular complexity index is 654. The zero-order chi connectivity index (χ0) is 18.8. The maximum Gasteiger partial charge on any atom is 0.355 e. The number of aromatic amines is 1. The van der Waals surface area contributed by atoms with Gasteiger partial charge in [-0.3, -0.25) is 9.69 Å². The fourth-order valence-electron chi connectivity index (χ4n) is 5.11. The predicted molar refractivity (Wildman–Crippen MR) is 99.1 cm³/mol. The average Bonchev–Trinajstić information content (AvgIpc) is 3.22. The number of aliphatic hydroxyl groups excluding tert-OH is 1. The molecule has 3 fully saturated rings. The highest BCUT2D eigenvalue weighted by Gasteiger charge is 2.43. The maximum absolute atomic E-state index is 12.2. The molecule has 5 atom stereocenters. The number of hydrogen-bond donors (Lipinski definition) is 3. The van der Waals surface area contributed by atoms with Crippen LogP contribution in [0.3, 0.4) is 0 Å². The van der Waals surface area contributed by atoms with Gasteiger partial charge in [0.1, 0.15) is 11.8 Å². The van der Waals surface area contributed by atoms with Crippen LogP contribution in [0.25, 0.3) is 0 Å². The molecule has 0 radical (unpaired) electrons. The van der Waals surface area contributed by atoms with Crippen molar-refractivity contribution < 1.29 is 19.4 Å². The lowest BCUT2D eigenvalue weighted by Gasteiger charge is -2.50. The number of ether oxygens (including phenoxy) is 1. The molecule has 1 amide bonds. The van der Waals surface area contributed by atoms with E-state index < -0.39 is 0 Å². The van der Waals surface area contributed by atoms with E-state index in [4.69, 9.17) is 4.74 Å². The quantitative estimate of drug-likeness (QED) is 0.690. The summed E-state index contributed by atoms with van der Waals surface area (Å²) >= 11 is 0. The zero-order valence-electron chi connectivity index (χ0n) is 15.6. The van der Waals surface area contributed by atoms with E-state index in [1.165, 1.54) is 0 Å². The topological polar surface area (TPSA) is 94.7 Å². The standard InChI is InChI=1S/C20H29N3O4/c24-12-14-9-13(16-3-1-5-19(25)22-16)11-23-8-6-15(10-18(14)23)27-20(26)17-4-2-7-21-17/h2,4,7,13-16,18,21,24H,1,3,5-6,8-12H2,(H,22,25). The van der Waals surface area contributed by atoms with Crippen molar-refractivity contribution in [3.8, 4) is 0 Å². The van der Waals surface area contributed by atoms with Crippen LogP contribution >= 0.6 is 0 Å². The van der Waals surface area contributed by atoms with Crippen LogP contribution in [0.15, 0.2) is 18.3 Å². The number of amides is 1. The summed E-state index contributed by atoms with van der Waals surface area (Å²) < 4.78 is 5.70. The van der Waals surface area contributed by atoms with Gasteiger partial charge in [0, 0.05) is 50.8 Å². The first kappa shape index (κ1) is 18.5. The monoisotopic (exact) mass is 375 g/mol. The van der Waals surface area contributed by atoms with Gasteiger partial charge in [-0.2, -0.15) is 0 Å². The first-order valence-electron chi connectivity index (χ1n) is 10.1. The Morgan fingerprint density at radius 2 is 2.22 bits per heavy atom. The molecule has 1 aromatic rings. The van der Waals surface area contributed by atoms with Crippen LogP contribution in [-0.2, 0) is 9.53 Å². The van der Waals surface area contributed by atoms with Crippen molar-refractivity contribution in [1.29, 1.82) is 0 Å². The lowest BCUT2D eigenvalue weighted by atomic mass is 9.75. The number of rotatable bonds is 4. The number of aliphatic hydroxyl groups is 1. The summed E-state index contributed by atoms with van der Waals surface area (Å²) in [5.74, 6) is 0.400. The number of nitrogens with one attached hydrogen (secondary N) is 2. The largest absolute Gasteiger partial charge is 0.458 e. The second-order valence-corrected chi connectivity index (χ2v) is 8.20. The minimum absolute atomic E-state index is 0.109. The Hall–Kier alpha value is -1.86. The predicted octanol–water partition coefficient (Wildman–Crippen LogP) is 1.30. The van der Waals surface area contributed by atoms with Crippen molar-refractivity contribution in [3.63, 3.8) is 0 Å². The molecule has 3 N–H and O–H groups in total. The van der Waals surface area contributed by atoms with E-state index in [0.29, 0.717) is 18.0 Å². The molecule has 7 heteroatoms. The lowest BCUT2D eigenvalue weighted by Crippen LogP contribution is -2.59. The molecule has 0 aromatic carbocycles. The molecule has 0 aliphatic carbocycles. The second-order valence-electron chi connectivity index (χ2n) is 8.20. The van der Waals surface area contributed by atoms with Crippen molar-refractivity contribution in [2.24, 2.45) is 11.8 Å². The number of esters is 1. The van der Waals surface area contributed by atoms with Gasteiger partial charge in [-0.1, -0.05) is 0 Å². The fourth-order valence-corrected chi connectivity index (χ4v) is 5.11. The Morgan fingerprint density at radius 3 is 2.96 bits per heavy atom. The summed E-state index contributed by atoms with van der Waals surface area (Å²) in [4.78, 5) is 29.3. The maximum atomic E-state index is 12.2. The SMILES string of the molecule is O=C1CCCC(C2CC(CO)C3CC(OC(=O)c4ccc[nH]4)CCN3C2)N1. The van der Waals surface area contributed by atoms with Crippen molar-refractivity contribution >= 4 is 11.9 Å². The number of H-pyrrole nitrogens is 1. The van der Waals surface area contributed by atoms with Crippen LogP contribution < -0.4 is 5.32 Å². The van der Waals surface area contributed by atoms with E-state index in [-0.39, 0.29) is 42.6 Å². The molecule has 3 saturated heterocycles. The smallest absolute Gasteiger partial charge is 0.355 e. The van der Waals surface area contributed by atoms with Gasteiger partial charge in [-0.25, -0.2) is 4.79 Å². The number of piperidine rings is 3. The molecule has 27 heavy (non-hydrogen) atoms. The van der Waals surface area contributed by atoms with Crippen LogP contribution in [0.2, 0.25) is 0 Å². The van der Waals surface area contributed by atoms with E-state index >= 15 is 0 Å². The van der Waals surface area contributed by atoms with Crippen molar-refractivity contribution in [1.82, 2.24) is 15.2 Å². The summed E-state index contributed by atoms with van der Waals surface area (Å²) in [6.45, 7) is 1.94. The number of carbonyl (C=O) groups is 2. The highest BCUT2D eigenvalue weighted by Crippen LogP contribution is 2.37. The van der Waals surface area contributed by atoms with Crippen LogP contribution in [0.5, 0.6) is 0 Å². The van der Waals surface area contributed by atoms with Crippen LogP contribution in [-0.4, -0.2) is 64.8 Å². The third kappa shape index (κ3) is 4.04. The number of hydrogen-bond acceptors (Lipinski definition) is 5. The molecule has 5 unspecified atom stereocenters. The van der Waals surface area contributed by atoms with Crippen molar-refractivity contribution in [3.05, 3.63) is 24.0 Å². The van der Waals surface area contributed by atoms with Gasteiger partial charge in [-0.05, 0) is 49.7 Å². The van der Waals surface area contributed by atoms with Crippen molar-refractivity contribution in [2.75, 3.05) is 19.7 Å². The van der Waals surface area contributed by atoms with Gasteiger partial charge < -0.3 is 20.1 Å². The van der Waals surface area contributed by atoms with Crippen LogP contribution in [0, 0.1) is 11.8 Å². The van der Waals surface area contributed by atoms with Gasteiger partial charge >= 0.3 is 5.97 Å². The van der Waals surface area contributed by atoms with Gasteiger partial charge in [0.05, 0.1) is 0 Å². The molecule has 4 heterocycles. The first-order chi connectivity index (χ1) is 13.1. The van der Waals surface area contributed by atoms with Gasteiger partial charge in [0.2, 0.25) is 5.91 Å². The highest BCUT2D eigenvalue weighted by atomic mass is 16.5. The lowest BCUT2D eigenvalue weighted by molar-refractivity contribution is -0.124. The van der Waals surface area contributed by atoms with E-state index in [0.717, 1.165) is 45.2 Å². The minimum Gasteiger partial charge on any atom is -0.458 e. The number of fused-ring (bicyclic) bond motifs is 1. The molecule has 4 rings (SSSR count). The van der Waals surface area contributed by atoms with Gasteiger partial charge in [-0.15, -0.1) is 0 Å². The van der Waals surface area contributed by atoms with E-state index in [9.17, 15) is 14.7 Å². The molecular weight excluding hydrogens is 346 g/mol. The second kappa shape index (κ2) is 8.02. The fraction of sp³-hybridized carbons (Fsp3) is 0.700. The summed E-state index contributed by atoms with van der Waals surface area (Å²) in [5, 5.41) is 13.1. The molecule has 7 nitrogen and oxygen atoms in total. The molecule has 0 bridgehead atoms. The summed E-state index contributed by atoms with van der Waals surface area (Å²) in [6.07, 6.45) is 6.72. The zero-order valence-corrected chi connectivity index (χ0v) is 15.6. The van der Waals surface area contributed by atoms with E-state index in [1.54, 1.807) is 18.3 Å². The van der Waals surface area contributed by atoms with Gasteiger partial charge in [0.15, 0.2) is 0 Å². The summed E-state index contributed by atoms with van der Waals surface area (Å²) in [7, 11) is 0. The molecule has 3 aliphatic heterocycles. The Kier molecular flexibility index (Phi) is 5.50. The third-order valence-electron chi connectivity index (χ3n) is 6.49. The van der Waals surface area contributed by atoms with Gasteiger partial charge in [0.25, 0.3) is 0 Å². The molecular formula is C20H29N3O4.